The van der Waals surface area contributed by atoms with Crippen molar-refractivity contribution in [3.8, 4) is 11.5 Å². The summed E-state index contributed by atoms with van der Waals surface area (Å²) in [7, 11) is 0. The summed E-state index contributed by atoms with van der Waals surface area (Å²) in [5.41, 5.74) is 2.30. The zero-order valence-electron chi connectivity index (χ0n) is 18.2. The van der Waals surface area contributed by atoms with Crippen molar-refractivity contribution in [1.82, 2.24) is 14.3 Å². The van der Waals surface area contributed by atoms with Crippen molar-refractivity contribution in [2.75, 3.05) is 18.7 Å². The van der Waals surface area contributed by atoms with Gasteiger partial charge in [0.15, 0.2) is 11.5 Å². The van der Waals surface area contributed by atoms with Crippen LogP contribution in [0.5, 0.6) is 11.5 Å². The minimum absolute atomic E-state index is 0.180. The molecule has 8 nitrogen and oxygen atoms in total. The molecule has 1 saturated heterocycles. The van der Waals surface area contributed by atoms with Gasteiger partial charge in [-0.3, -0.25) is 18.9 Å². The minimum atomic E-state index is -0.277. The number of nitrogens with zero attached hydrogens (tertiary/aromatic N) is 3. The normalized spacial score (nSPS) is 16.0. The number of aryl methyl sites for hydroxylation is 1. The number of anilines is 1. The predicted molar refractivity (Wildman–Crippen MR) is 136 cm³/mol. The average Bonchev–Trinajstić information content (AvgIpc) is 3.39. The number of pyridine rings is 1. The Morgan fingerprint density at radius 2 is 2.06 bits per heavy atom. The van der Waals surface area contributed by atoms with E-state index < -0.39 is 0 Å². The monoisotopic (exact) mass is 492 g/mol. The molecule has 2 aliphatic heterocycles. The van der Waals surface area contributed by atoms with Crippen LogP contribution in [0.3, 0.4) is 0 Å². The van der Waals surface area contributed by atoms with Gasteiger partial charge in [0.2, 0.25) is 6.79 Å². The minimum Gasteiger partial charge on any atom is -0.454 e. The Balaban J connectivity index is 1.50. The summed E-state index contributed by atoms with van der Waals surface area (Å²) < 4.78 is 12.7. The summed E-state index contributed by atoms with van der Waals surface area (Å²) in [6, 6.07) is 9.19. The van der Waals surface area contributed by atoms with Crippen LogP contribution in [0.2, 0.25) is 0 Å². The Hall–Kier alpha value is -3.63. The number of nitrogens with one attached hydrogen (secondary N) is 1. The van der Waals surface area contributed by atoms with Crippen LogP contribution in [-0.2, 0) is 11.3 Å². The molecule has 0 unspecified atom stereocenters. The number of fused-ring (bicyclic) bond motifs is 2. The molecule has 34 heavy (non-hydrogen) atoms. The molecular formula is C24H20N4O4S2. The van der Waals surface area contributed by atoms with Gasteiger partial charge in [0.05, 0.1) is 17.0 Å². The molecule has 4 heterocycles. The first-order valence-electron chi connectivity index (χ1n) is 10.5. The molecule has 1 amide bonds. The number of carbonyl (C=O) groups excluding carboxylic acids is 1. The molecule has 5 rings (SSSR count). The zero-order valence-corrected chi connectivity index (χ0v) is 19.9. The van der Waals surface area contributed by atoms with E-state index in [0.29, 0.717) is 38.7 Å². The summed E-state index contributed by atoms with van der Waals surface area (Å²) in [5, 5.41) is 3.11. The lowest BCUT2D eigenvalue weighted by Gasteiger charge is -2.14. The number of hydrogen-bond acceptors (Lipinski definition) is 8. The first kappa shape index (κ1) is 22.2. The maximum absolute atomic E-state index is 13.3. The van der Waals surface area contributed by atoms with Crippen molar-refractivity contribution in [3.63, 3.8) is 0 Å². The van der Waals surface area contributed by atoms with Gasteiger partial charge in [-0.2, -0.15) is 0 Å². The molecule has 1 aromatic carbocycles. The summed E-state index contributed by atoms with van der Waals surface area (Å²) in [6.45, 7) is 6.49. The number of carbonyl (C=O) groups is 1. The van der Waals surface area contributed by atoms with E-state index in [0.717, 1.165) is 22.9 Å². The van der Waals surface area contributed by atoms with Crippen LogP contribution < -0.4 is 20.3 Å². The molecular weight excluding hydrogens is 472 g/mol. The van der Waals surface area contributed by atoms with Crippen molar-refractivity contribution in [1.29, 1.82) is 0 Å². The second-order valence-electron chi connectivity index (χ2n) is 7.74. The number of thioether (sulfide) groups is 1. The lowest BCUT2D eigenvalue weighted by atomic mass is 10.2. The molecule has 0 atom stereocenters. The van der Waals surface area contributed by atoms with E-state index in [4.69, 9.17) is 21.7 Å². The second-order valence-corrected chi connectivity index (χ2v) is 9.41. The van der Waals surface area contributed by atoms with Gasteiger partial charge in [-0.05, 0) is 42.3 Å². The third-order valence-electron chi connectivity index (χ3n) is 5.35. The Morgan fingerprint density at radius 1 is 1.24 bits per heavy atom. The molecule has 10 heteroatoms. The molecule has 0 spiro atoms. The van der Waals surface area contributed by atoms with Gasteiger partial charge < -0.3 is 14.8 Å². The number of rotatable bonds is 6. The largest absolute Gasteiger partial charge is 0.454 e. The Morgan fingerprint density at radius 3 is 2.88 bits per heavy atom. The summed E-state index contributed by atoms with van der Waals surface area (Å²) in [5.74, 6) is 1.43. The van der Waals surface area contributed by atoms with Gasteiger partial charge in [-0.25, -0.2) is 4.98 Å². The summed E-state index contributed by atoms with van der Waals surface area (Å²) in [4.78, 5) is 33.0. The SMILES string of the molecule is C=CCNc1nc2ccc(C)cn2c(=O)c1C=C1SC(=S)N(Cc2ccc3c(c2)OCO3)C1=O. The fraction of sp³-hybridized carbons (Fsp3) is 0.167. The first-order chi connectivity index (χ1) is 16.4. The molecule has 0 bridgehead atoms. The van der Waals surface area contributed by atoms with Gasteiger partial charge in [0.1, 0.15) is 15.8 Å². The van der Waals surface area contributed by atoms with E-state index in [2.05, 4.69) is 16.9 Å². The van der Waals surface area contributed by atoms with Gasteiger partial charge >= 0.3 is 0 Å². The lowest BCUT2D eigenvalue weighted by Crippen LogP contribution is -2.27. The van der Waals surface area contributed by atoms with Gasteiger partial charge in [-0.15, -0.1) is 6.58 Å². The van der Waals surface area contributed by atoms with Crippen LogP contribution in [0, 0.1) is 6.92 Å². The van der Waals surface area contributed by atoms with Crippen LogP contribution >= 0.6 is 24.0 Å². The molecule has 0 aliphatic carbocycles. The van der Waals surface area contributed by atoms with Gasteiger partial charge in [0, 0.05) is 12.7 Å². The highest BCUT2D eigenvalue weighted by molar-refractivity contribution is 8.26. The number of aromatic nitrogens is 2. The highest BCUT2D eigenvalue weighted by Gasteiger charge is 2.33. The van der Waals surface area contributed by atoms with Crippen molar-refractivity contribution in [3.05, 3.63) is 81.1 Å². The third kappa shape index (κ3) is 4.06. The summed E-state index contributed by atoms with van der Waals surface area (Å²) in [6.07, 6.45) is 4.96. The van der Waals surface area contributed by atoms with E-state index in [1.165, 1.54) is 9.30 Å². The van der Waals surface area contributed by atoms with Crippen LogP contribution in [0.25, 0.3) is 11.7 Å². The summed E-state index contributed by atoms with van der Waals surface area (Å²) >= 11 is 6.64. The zero-order chi connectivity index (χ0) is 23.8. The van der Waals surface area contributed by atoms with E-state index in [1.54, 1.807) is 24.4 Å². The number of thiocarbonyl (C=S) groups is 1. The molecule has 1 N–H and O–H groups in total. The number of benzene rings is 1. The fourth-order valence-corrected chi connectivity index (χ4v) is 4.92. The standard InChI is InChI=1S/C24H20N4O4S2/c1-3-8-25-21-16(22(29)27-11-14(2)4-7-20(27)26-21)10-19-23(30)28(24(33)34-19)12-15-5-6-17-18(9-15)32-13-31-17/h3-7,9-11,25H,1,8,12-13H2,2H3. The van der Waals surface area contributed by atoms with Crippen molar-refractivity contribution >= 4 is 51.7 Å². The molecule has 0 saturated carbocycles. The predicted octanol–water partition coefficient (Wildman–Crippen LogP) is 3.73. The topological polar surface area (TPSA) is 85.2 Å². The number of hydrogen-bond donors (Lipinski definition) is 1. The van der Waals surface area contributed by atoms with Crippen LogP contribution in [0.1, 0.15) is 16.7 Å². The van der Waals surface area contributed by atoms with E-state index in [1.807, 2.05) is 31.2 Å². The van der Waals surface area contributed by atoms with Crippen LogP contribution in [0.4, 0.5) is 5.82 Å². The second kappa shape index (κ2) is 8.96. The lowest BCUT2D eigenvalue weighted by molar-refractivity contribution is -0.122. The van der Waals surface area contributed by atoms with Crippen LogP contribution in [0.15, 0.2) is 58.9 Å². The van der Waals surface area contributed by atoms with Crippen molar-refractivity contribution in [2.45, 2.75) is 13.5 Å². The van der Waals surface area contributed by atoms with E-state index in [-0.39, 0.29) is 30.4 Å². The van der Waals surface area contributed by atoms with E-state index in [9.17, 15) is 9.59 Å². The Bertz CT molecular complexity index is 1450. The molecule has 2 aromatic heterocycles. The first-order valence-corrected chi connectivity index (χ1v) is 11.7. The van der Waals surface area contributed by atoms with Crippen molar-refractivity contribution in [2.24, 2.45) is 0 Å². The highest BCUT2D eigenvalue weighted by atomic mass is 32.2. The number of ether oxygens (including phenoxy) is 2. The quantitative estimate of drug-likeness (QED) is 0.317. The maximum Gasteiger partial charge on any atom is 0.267 e. The average molecular weight is 493 g/mol. The fourth-order valence-electron chi connectivity index (χ4n) is 3.68. The maximum atomic E-state index is 13.3. The molecule has 3 aromatic rings. The Labute approximate surface area is 204 Å². The van der Waals surface area contributed by atoms with Crippen molar-refractivity contribution < 1.29 is 14.3 Å². The molecule has 1 fully saturated rings. The third-order valence-corrected chi connectivity index (χ3v) is 6.72. The smallest absolute Gasteiger partial charge is 0.267 e. The van der Waals surface area contributed by atoms with Gasteiger partial charge in [-0.1, -0.05) is 42.2 Å². The highest BCUT2D eigenvalue weighted by Crippen LogP contribution is 2.36. The Kier molecular flexibility index (Phi) is 5.84. The van der Waals surface area contributed by atoms with Crippen LogP contribution in [-0.4, -0.2) is 37.8 Å². The molecule has 0 radical (unpaired) electrons. The molecule has 2 aliphatic rings. The van der Waals surface area contributed by atoms with Gasteiger partial charge in [0.25, 0.3) is 11.5 Å². The number of amides is 1. The van der Waals surface area contributed by atoms with E-state index >= 15 is 0 Å². The molecule has 172 valence electrons.